The summed E-state index contributed by atoms with van der Waals surface area (Å²) in [7, 11) is 2.13. The van der Waals surface area contributed by atoms with E-state index in [9.17, 15) is 10.1 Å². The molecule has 3 unspecified atom stereocenters. The van der Waals surface area contributed by atoms with Crippen molar-refractivity contribution < 1.29 is 4.79 Å². The number of piperidine rings is 1. The number of rotatable bonds is 4. The van der Waals surface area contributed by atoms with Crippen LogP contribution in [-0.4, -0.2) is 60.0 Å². The van der Waals surface area contributed by atoms with E-state index in [0.717, 1.165) is 43.8 Å². The highest BCUT2D eigenvalue weighted by molar-refractivity contribution is 5.92. The Hall–Kier alpha value is -2.72. The van der Waals surface area contributed by atoms with E-state index < -0.39 is 0 Å². The van der Waals surface area contributed by atoms with Crippen molar-refractivity contribution in [3.05, 3.63) is 30.1 Å². The third-order valence-electron chi connectivity index (χ3n) is 6.22. The maximum absolute atomic E-state index is 12.7. The van der Waals surface area contributed by atoms with Crippen molar-refractivity contribution in [1.29, 1.82) is 5.26 Å². The molecule has 2 aromatic rings. The maximum Gasteiger partial charge on any atom is 0.220 e. The Morgan fingerprint density at radius 1 is 1.24 bits per heavy atom. The monoisotopic (exact) mass is 392 g/mol. The summed E-state index contributed by atoms with van der Waals surface area (Å²) in [4.78, 5) is 26.1. The number of hydrogen-bond donors (Lipinski definition) is 1. The van der Waals surface area contributed by atoms with Gasteiger partial charge in [-0.05, 0) is 50.4 Å². The molecule has 1 aromatic carbocycles. The van der Waals surface area contributed by atoms with E-state index in [4.69, 9.17) is 0 Å². The maximum atomic E-state index is 12.7. The molecule has 0 saturated carbocycles. The topological polar surface area (TPSA) is 85.1 Å². The van der Waals surface area contributed by atoms with Gasteiger partial charge < -0.3 is 15.1 Å². The molecule has 0 aliphatic carbocycles. The van der Waals surface area contributed by atoms with Crippen LogP contribution in [0, 0.1) is 23.2 Å². The second-order valence-corrected chi connectivity index (χ2v) is 8.53. The molecule has 3 atom stereocenters. The number of anilines is 1. The van der Waals surface area contributed by atoms with Crippen LogP contribution in [0.1, 0.15) is 31.7 Å². The predicted octanol–water partition coefficient (Wildman–Crippen LogP) is 2.17. The number of fused-ring (bicyclic) bond motifs is 1. The van der Waals surface area contributed by atoms with Crippen molar-refractivity contribution in [2.45, 2.75) is 32.2 Å². The van der Waals surface area contributed by atoms with E-state index in [-0.39, 0.29) is 11.9 Å². The molecule has 7 heteroatoms. The average molecular weight is 393 g/mol. The molecule has 7 nitrogen and oxygen atoms in total. The summed E-state index contributed by atoms with van der Waals surface area (Å²) < 4.78 is 0. The molecular weight excluding hydrogens is 364 g/mol. The minimum Gasteiger partial charge on any atom is -0.367 e. The third kappa shape index (κ3) is 4.18. The molecule has 2 saturated heterocycles. The highest BCUT2D eigenvalue weighted by atomic mass is 16.1. The van der Waals surface area contributed by atoms with Gasteiger partial charge in [0.2, 0.25) is 5.91 Å². The van der Waals surface area contributed by atoms with Crippen molar-refractivity contribution in [2.75, 3.05) is 38.1 Å². The van der Waals surface area contributed by atoms with Gasteiger partial charge in [0.1, 0.15) is 17.1 Å². The van der Waals surface area contributed by atoms with Crippen molar-refractivity contribution >= 4 is 22.6 Å². The molecule has 1 N–H and O–H groups in total. The summed E-state index contributed by atoms with van der Waals surface area (Å²) in [6.07, 6.45) is 6.20. The SMILES string of the molecule is CC1CN(c2ccc(C#N)c3nccnc23)CC1NC(=O)CC1CCCN(C)C1. The summed E-state index contributed by atoms with van der Waals surface area (Å²) in [5, 5.41) is 12.6. The third-order valence-corrected chi connectivity index (χ3v) is 6.22. The molecule has 0 bridgehead atoms. The van der Waals surface area contributed by atoms with Crippen LogP contribution in [-0.2, 0) is 4.79 Å². The fourth-order valence-electron chi connectivity index (χ4n) is 4.71. The van der Waals surface area contributed by atoms with Crippen molar-refractivity contribution in [2.24, 2.45) is 11.8 Å². The molecule has 0 radical (unpaired) electrons. The van der Waals surface area contributed by atoms with Gasteiger partial charge in [0, 0.05) is 38.4 Å². The molecule has 1 amide bonds. The van der Waals surface area contributed by atoms with Crippen molar-refractivity contribution in [3.8, 4) is 6.07 Å². The summed E-state index contributed by atoms with van der Waals surface area (Å²) in [5.74, 6) is 0.961. The minimum atomic E-state index is 0.117. The molecule has 0 spiro atoms. The summed E-state index contributed by atoms with van der Waals surface area (Å²) in [5.41, 5.74) is 2.89. The number of hydrogen-bond acceptors (Lipinski definition) is 6. The Balaban J connectivity index is 1.44. The number of carbonyl (C=O) groups is 1. The first-order chi connectivity index (χ1) is 14.0. The first-order valence-corrected chi connectivity index (χ1v) is 10.4. The first kappa shape index (κ1) is 19.6. The van der Waals surface area contributed by atoms with Gasteiger partial charge in [-0.15, -0.1) is 0 Å². The van der Waals surface area contributed by atoms with Crippen LogP contribution < -0.4 is 10.2 Å². The summed E-state index contributed by atoms with van der Waals surface area (Å²) in [6, 6.07) is 6.07. The number of nitrogens with one attached hydrogen (secondary N) is 1. The zero-order valence-electron chi connectivity index (χ0n) is 17.1. The van der Waals surface area contributed by atoms with Crippen LogP contribution in [0.25, 0.3) is 11.0 Å². The Labute approximate surface area is 171 Å². The van der Waals surface area contributed by atoms with E-state index in [2.05, 4.69) is 45.1 Å². The predicted molar refractivity (Wildman–Crippen MR) is 112 cm³/mol. The number of nitrogens with zero attached hydrogens (tertiary/aromatic N) is 5. The van der Waals surface area contributed by atoms with E-state index in [1.54, 1.807) is 12.4 Å². The fourth-order valence-corrected chi connectivity index (χ4v) is 4.71. The lowest BCUT2D eigenvalue weighted by Crippen LogP contribution is -2.42. The van der Waals surface area contributed by atoms with Crippen LogP contribution in [0.2, 0.25) is 0 Å². The smallest absolute Gasteiger partial charge is 0.220 e. The van der Waals surface area contributed by atoms with Crippen LogP contribution in [0.5, 0.6) is 0 Å². The van der Waals surface area contributed by atoms with Gasteiger partial charge in [-0.2, -0.15) is 5.26 Å². The molecular formula is C22H28N6O. The van der Waals surface area contributed by atoms with Crippen molar-refractivity contribution in [1.82, 2.24) is 20.2 Å². The van der Waals surface area contributed by atoms with Gasteiger partial charge >= 0.3 is 0 Å². The molecule has 3 heterocycles. The van der Waals surface area contributed by atoms with E-state index in [0.29, 0.717) is 29.3 Å². The standard InChI is InChI=1S/C22H28N6O/c1-15-12-28(19-6-5-17(11-23)21-22(19)25-8-7-24-21)14-18(15)26-20(29)10-16-4-3-9-27(2)13-16/h5-8,15-16,18H,3-4,9-10,12-14H2,1-2H3,(H,26,29). The molecule has 2 fully saturated rings. The lowest BCUT2D eigenvalue weighted by Gasteiger charge is -2.29. The van der Waals surface area contributed by atoms with E-state index >= 15 is 0 Å². The van der Waals surface area contributed by atoms with E-state index in [1.807, 2.05) is 12.1 Å². The number of nitriles is 1. The zero-order chi connectivity index (χ0) is 20.4. The Kier molecular flexibility index (Phi) is 5.63. The fraction of sp³-hybridized carbons (Fsp3) is 0.545. The molecule has 2 aliphatic rings. The average Bonchev–Trinajstić information content (AvgIpc) is 3.07. The van der Waals surface area contributed by atoms with Gasteiger partial charge in [0.25, 0.3) is 0 Å². The van der Waals surface area contributed by atoms with Gasteiger partial charge in [-0.1, -0.05) is 6.92 Å². The van der Waals surface area contributed by atoms with E-state index in [1.165, 1.54) is 6.42 Å². The normalized spacial score (nSPS) is 25.1. The second kappa shape index (κ2) is 8.34. The van der Waals surface area contributed by atoms with Gasteiger partial charge in [-0.25, -0.2) is 0 Å². The quantitative estimate of drug-likeness (QED) is 0.858. The lowest BCUT2D eigenvalue weighted by atomic mass is 9.94. The Morgan fingerprint density at radius 2 is 2.03 bits per heavy atom. The highest BCUT2D eigenvalue weighted by Gasteiger charge is 2.32. The number of benzene rings is 1. The van der Waals surface area contributed by atoms with Gasteiger partial charge in [-0.3, -0.25) is 14.8 Å². The van der Waals surface area contributed by atoms with Crippen LogP contribution in [0.3, 0.4) is 0 Å². The molecule has 29 heavy (non-hydrogen) atoms. The second-order valence-electron chi connectivity index (χ2n) is 8.53. The molecule has 2 aliphatic heterocycles. The largest absolute Gasteiger partial charge is 0.367 e. The number of likely N-dealkylation sites (tertiary alicyclic amines) is 1. The summed E-state index contributed by atoms with van der Waals surface area (Å²) in [6.45, 7) is 5.91. The van der Waals surface area contributed by atoms with Crippen LogP contribution in [0.4, 0.5) is 5.69 Å². The van der Waals surface area contributed by atoms with Crippen molar-refractivity contribution in [3.63, 3.8) is 0 Å². The Morgan fingerprint density at radius 3 is 2.79 bits per heavy atom. The summed E-state index contributed by atoms with van der Waals surface area (Å²) >= 11 is 0. The Bertz CT molecular complexity index is 939. The minimum absolute atomic E-state index is 0.117. The highest BCUT2D eigenvalue weighted by Crippen LogP contribution is 2.30. The zero-order valence-corrected chi connectivity index (χ0v) is 17.1. The molecule has 1 aromatic heterocycles. The number of carbonyl (C=O) groups excluding carboxylic acids is 1. The van der Waals surface area contributed by atoms with Crippen LogP contribution >= 0.6 is 0 Å². The number of aromatic nitrogens is 2. The number of amides is 1. The van der Waals surface area contributed by atoms with Gasteiger partial charge in [0.05, 0.1) is 17.3 Å². The molecule has 152 valence electrons. The first-order valence-electron chi connectivity index (χ1n) is 10.4. The molecule has 4 rings (SSSR count). The van der Waals surface area contributed by atoms with Crippen LogP contribution in [0.15, 0.2) is 24.5 Å². The lowest BCUT2D eigenvalue weighted by molar-refractivity contribution is -0.123. The van der Waals surface area contributed by atoms with Gasteiger partial charge in [0.15, 0.2) is 0 Å².